The van der Waals surface area contributed by atoms with Gasteiger partial charge in [0.1, 0.15) is 11.6 Å². The molecule has 0 aliphatic rings. The molecule has 1 rings (SSSR count). The topological polar surface area (TPSA) is 127 Å². The van der Waals surface area contributed by atoms with Crippen molar-refractivity contribution in [2.75, 3.05) is 6.61 Å². The number of carbonyl (C=O) groups excluding carboxylic acids is 2. The average Bonchev–Trinajstić information content (AvgIpc) is 2.82. The quantitative estimate of drug-likeness (QED) is 0.0995. The summed E-state index contributed by atoms with van der Waals surface area (Å²) in [4.78, 5) is 42.3. The Hall–Kier alpha value is -2.00. The van der Waals surface area contributed by atoms with Crippen molar-refractivity contribution in [1.29, 1.82) is 0 Å². The van der Waals surface area contributed by atoms with Crippen LogP contribution in [0.2, 0.25) is 0 Å². The number of H-pyrrole nitrogens is 2. The molecule has 0 bridgehead atoms. The maximum atomic E-state index is 12.5. The third kappa shape index (κ3) is 16.1. The van der Waals surface area contributed by atoms with Crippen molar-refractivity contribution in [3.8, 4) is 0 Å². The van der Waals surface area contributed by atoms with Crippen LogP contribution in [-0.2, 0) is 31.9 Å². The molecule has 218 valence electrons. The molecule has 9 heteroatoms. The Balaban J connectivity index is 2.35. The van der Waals surface area contributed by atoms with Crippen LogP contribution in [0, 0.1) is 4.77 Å². The number of carbonyl (C=O) groups is 2. The number of nitrogens with one attached hydrogen (secondary N) is 2. The first-order chi connectivity index (χ1) is 18.0. The predicted molar refractivity (Wildman–Crippen MR) is 155 cm³/mol. The lowest BCUT2D eigenvalue weighted by Crippen LogP contribution is -2.37. The Morgan fingerprint density at radius 1 is 0.868 bits per heavy atom. The fourth-order valence-corrected chi connectivity index (χ4v) is 4.57. The lowest BCUT2D eigenvalue weighted by molar-refractivity contribution is -0.159. The van der Waals surface area contributed by atoms with Crippen LogP contribution in [0.5, 0.6) is 0 Å². The number of rotatable bonds is 20. The van der Waals surface area contributed by atoms with Gasteiger partial charge in [-0.05, 0) is 58.7 Å². The lowest BCUT2D eigenvalue weighted by atomic mass is 10.0. The third-order valence-corrected chi connectivity index (χ3v) is 6.54. The zero-order chi connectivity index (χ0) is 28.4. The van der Waals surface area contributed by atoms with Gasteiger partial charge in [0.2, 0.25) is 0 Å². The number of hydrogen-bond donors (Lipinski definition) is 3. The molecule has 0 saturated carbocycles. The van der Waals surface area contributed by atoms with Crippen LogP contribution in [0.3, 0.4) is 0 Å². The largest absolute Gasteiger partial charge is 0.465 e. The molecule has 1 aromatic rings. The van der Waals surface area contributed by atoms with Crippen LogP contribution < -0.4 is 11.3 Å². The zero-order valence-corrected chi connectivity index (χ0v) is 24.9. The summed E-state index contributed by atoms with van der Waals surface area (Å²) in [7, 11) is 0. The molecule has 0 aliphatic heterocycles. The molecule has 1 atom stereocenters. The third-order valence-electron chi connectivity index (χ3n) is 6.33. The molecule has 1 aromatic heterocycles. The second-order valence-electron chi connectivity index (χ2n) is 11.2. The van der Waals surface area contributed by atoms with Gasteiger partial charge in [-0.3, -0.25) is 19.4 Å². The van der Waals surface area contributed by atoms with E-state index in [1.165, 1.54) is 64.2 Å². The van der Waals surface area contributed by atoms with Crippen molar-refractivity contribution < 1.29 is 19.1 Å². The van der Waals surface area contributed by atoms with Gasteiger partial charge in [0.15, 0.2) is 4.77 Å². The van der Waals surface area contributed by atoms with Gasteiger partial charge < -0.3 is 20.2 Å². The van der Waals surface area contributed by atoms with Crippen LogP contribution in [0.25, 0.3) is 0 Å². The summed E-state index contributed by atoms with van der Waals surface area (Å²) >= 11 is 5.16. The second-order valence-corrected chi connectivity index (χ2v) is 11.6. The van der Waals surface area contributed by atoms with Gasteiger partial charge in [-0.25, -0.2) is 0 Å². The van der Waals surface area contributed by atoms with Crippen LogP contribution >= 0.6 is 12.2 Å². The highest BCUT2D eigenvalue weighted by Gasteiger charge is 2.23. The number of unbranched alkanes of at least 4 members (excludes halogenated alkanes) is 11. The van der Waals surface area contributed by atoms with E-state index in [0.717, 1.165) is 24.1 Å². The molecule has 1 heterocycles. The zero-order valence-electron chi connectivity index (χ0n) is 24.1. The summed E-state index contributed by atoms with van der Waals surface area (Å²) in [5, 5.41) is 0. The second kappa shape index (κ2) is 19.1. The number of esters is 2. The number of aromatic nitrogens is 2. The summed E-state index contributed by atoms with van der Waals surface area (Å²) in [6, 6.07) is -1.07. The van der Waals surface area contributed by atoms with Crippen LogP contribution in [0.15, 0.2) is 4.79 Å². The minimum Gasteiger partial charge on any atom is -0.465 e. The molecule has 0 radical (unpaired) electrons. The molecule has 0 aliphatic carbocycles. The molecule has 8 nitrogen and oxygen atoms in total. The van der Waals surface area contributed by atoms with E-state index in [9.17, 15) is 14.4 Å². The van der Waals surface area contributed by atoms with Crippen molar-refractivity contribution in [2.45, 2.75) is 142 Å². The van der Waals surface area contributed by atoms with E-state index in [1.54, 1.807) is 20.8 Å². The van der Waals surface area contributed by atoms with Gasteiger partial charge in [-0.1, -0.05) is 77.6 Å². The van der Waals surface area contributed by atoms with Crippen LogP contribution in [0.4, 0.5) is 0 Å². The maximum Gasteiger partial charge on any atom is 0.323 e. The molecule has 0 spiro atoms. The van der Waals surface area contributed by atoms with Gasteiger partial charge >= 0.3 is 11.9 Å². The van der Waals surface area contributed by atoms with Crippen molar-refractivity contribution >= 4 is 24.2 Å². The molecule has 0 saturated heterocycles. The Labute approximate surface area is 233 Å². The van der Waals surface area contributed by atoms with E-state index in [0.29, 0.717) is 24.0 Å². The first-order valence-corrected chi connectivity index (χ1v) is 14.9. The molecule has 0 fully saturated rings. The van der Waals surface area contributed by atoms with Crippen molar-refractivity contribution in [3.63, 3.8) is 0 Å². The summed E-state index contributed by atoms with van der Waals surface area (Å²) in [6.45, 7) is 7.63. The average molecular weight is 554 g/mol. The van der Waals surface area contributed by atoms with Gasteiger partial charge in [-0.2, -0.15) is 0 Å². The molecule has 0 amide bonds. The van der Waals surface area contributed by atoms with Gasteiger partial charge in [0.25, 0.3) is 5.56 Å². The van der Waals surface area contributed by atoms with E-state index in [2.05, 4.69) is 16.9 Å². The number of aromatic amines is 2. The number of hydrogen-bond acceptors (Lipinski definition) is 7. The Kier molecular flexibility index (Phi) is 17.1. The van der Waals surface area contributed by atoms with E-state index < -0.39 is 23.6 Å². The summed E-state index contributed by atoms with van der Waals surface area (Å²) in [5.74, 6) is -1.19. The number of aryl methyl sites for hydroxylation is 1. The molecule has 4 N–H and O–H groups in total. The highest BCUT2D eigenvalue weighted by atomic mass is 32.1. The smallest absolute Gasteiger partial charge is 0.323 e. The molecule has 0 aromatic carbocycles. The molecular weight excluding hydrogens is 502 g/mol. The van der Waals surface area contributed by atoms with E-state index in [1.807, 2.05) is 0 Å². The Morgan fingerprint density at radius 3 is 1.97 bits per heavy atom. The van der Waals surface area contributed by atoms with Gasteiger partial charge in [-0.15, -0.1) is 0 Å². The van der Waals surface area contributed by atoms with E-state index in [-0.39, 0.29) is 18.6 Å². The first kappa shape index (κ1) is 34.0. The van der Waals surface area contributed by atoms with Crippen molar-refractivity contribution in [1.82, 2.24) is 9.97 Å². The van der Waals surface area contributed by atoms with Gasteiger partial charge in [0.05, 0.1) is 13.0 Å². The fraction of sp³-hybridized carbons (Fsp3) is 0.793. The summed E-state index contributed by atoms with van der Waals surface area (Å²) < 4.78 is 10.7. The summed E-state index contributed by atoms with van der Waals surface area (Å²) in [5.41, 5.74) is 6.51. The van der Waals surface area contributed by atoms with E-state index in [4.69, 9.17) is 27.4 Å². The SMILES string of the molecule is CCCCCCCCCCCCCCc1c(CCCOC(=O)C(N)CC(=O)OC(C)(C)C)[nH]c(=S)[nH]c1=O. The van der Waals surface area contributed by atoms with Crippen molar-refractivity contribution in [2.24, 2.45) is 5.73 Å². The monoisotopic (exact) mass is 553 g/mol. The highest BCUT2D eigenvalue weighted by molar-refractivity contribution is 7.71. The number of ether oxygens (including phenoxy) is 2. The standard InChI is InChI=1S/C29H51N3O5S/c1-5-6-7-8-9-10-11-12-13-14-15-16-18-22-24(31-28(38)32-26(22)34)19-17-20-36-27(35)23(30)21-25(33)37-29(2,3)4/h23H,5-21,30H2,1-4H3,(H2,31,32,34,38). The fourth-order valence-electron chi connectivity index (χ4n) is 4.35. The Morgan fingerprint density at radius 2 is 1.42 bits per heavy atom. The lowest BCUT2D eigenvalue weighted by Gasteiger charge is -2.20. The highest BCUT2D eigenvalue weighted by Crippen LogP contribution is 2.14. The molecular formula is C29H51N3O5S. The minimum absolute atomic E-state index is 0.131. The predicted octanol–water partition coefficient (Wildman–Crippen LogP) is 6.21. The van der Waals surface area contributed by atoms with E-state index >= 15 is 0 Å². The molecule has 1 unspecified atom stereocenters. The minimum atomic E-state index is -1.07. The number of nitrogens with two attached hydrogens (primary N) is 1. The van der Waals surface area contributed by atoms with Crippen LogP contribution in [0.1, 0.15) is 129 Å². The normalized spacial score (nSPS) is 12.3. The van der Waals surface area contributed by atoms with Gasteiger partial charge in [0, 0.05) is 11.3 Å². The first-order valence-electron chi connectivity index (χ1n) is 14.5. The summed E-state index contributed by atoms with van der Waals surface area (Å²) in [6.07, 6.45) is 16.7. The Bertz CT molecular complexity index is 935. The van der Waals surface area contributed by atoms with Crippen LogP contribution in [-0.4, -0.2) is 40.2 Å². The van der Waals surface area contributed by atoms with Crippen molar-refractivity contribution in [3.05, 3.63) is 26.4 Å². The molecule has 38 heavy (non-hydrogen) atoms. The maximum absolute atomic E-state index is 12.5.